The van der Waals surface area contributed by atoms with Gasteiger partial charge in [-0.3, -0.25) is 9.59 Å². The molecule has 9 heteroatoms. The fourth-order valence-corrected chi connectivity index (χ4v) is 3.79. The largest absolute Gasteiger partial charge is 0.466 e. The van der Waals surface area contributed by atoms with E-state index in [9.17, 15) is 9.59 Å². The molecule has 9 nitrogen and oxygen atoms in total. The third kappa shape index (κ3) is 9.29. The highest BCUT2D eigenvalue weighted by Gasteiger charge is 2.22. The zero-order valence-electron chi connectivity index (χ0n) is 20.6. The number of nitrogens with one attached hydrogen (secondary N) is 2. The Morgan fingerprint density at radius 1 is 1.09 bits per heavy atom. The Kier molecular flexibility index (Phi) is 11.6. The fraction of sp³-hybridized carbons (Fsp3) is 0.423. The Balaban J connectivity index is 2.06. The Labute approximate surface area is 207 Å². The molecule has 0 bridgehead atoms. The Bertz CT molecular complexity index is 992. The summed E-state index contributed by atoms with van der Waals surface area (Å²) in [5, 5.41) is 14.6. The lowest BCUT2D eigenvalue weighted by Gasteiger charge is -2.22. The Hall–Kier alpha value is -3.59. The van der Waals surface area contributed by atoms with Crippen LogP contribution in [-0.2, 0) is 20.7 Å². The standard InChI is InChI=1S/C26H36N6O3/c1-3-35-26(34)19(2)17-23(30-25(33)14-13-24(28)32(31-29)16-15-27)18-20-9-11-22(12-10-20)21-7-5-4-6-8-21/h4-12,19,23,28-29H,3,13-18,27H2,1-2H3,(H,30,33)/p+1/t19-,23+/m1/s1. The zero-order chi connectivity index (χ0) is 25.6. The van der Waals surface area contributed by atoms with E-state index >= 15 is 0 Å². The Morgan fingerprint density at radius 2 is 1.74 bits per heavy atom. The smallest absolute Gasteiger partial charge is 0.308 e. The summed E-state index contributed by atoms with van der Waals surface area (Å²) in [5.74, 6) is 4.57. The third-order valence-electron chi connectivity index (χ3n) is 5.62. The van der Waals surface area contributed by atoms with Crippen LogP contribution in [0, 0.1) is 11.3 Å². The van der Waals surface area contributed by atoms with Gasteiger partial charge in [-0.05, 0) is 36.5 Å². The Morgan fingerprint density at radius 3 is 2.34 bits per heavy atom. The van der Waals surface area contributed by atoms with Crippen LogP contribution in [0.25, 0.3) is 11.1 Å². The molecule has 6 N–H and O–H groups in total. The van der Waals surface area contributed by atoms with Crippen molar-refractivity contribution in [2.24, 2.45) is 22.7 Å². The molecule has 0 radical (unpaired) electrons. The lowest BCUT2D eigenvalue weighted by molar-refractivity contribution is -0.485. The van der Waals surface area contributed by atoms with Crippen LogP contribution in [0.3, 0.4) is 0 Å². The number of hydrogen-bond acceptors (Lipinski definition) is 6. The fourth-order valence-electron chi connectivity index (χ4n) is 3.79. The van der Waals surface area contributed by atoms with Gasteiger partial charge >= 0.3 is 5.97 Å². The summed E-state index contributed by atoms with van der Waals surface area (Å²) in [6.45, 7) is 4.50. The van der Waals surface area contributed by atoms with Gasteiger partial charge in [-0.15, -0.1) is 4.70 Å². The molecular formula is C26H37N6O3+. The summed E-state index contributed by atoms with van der Waals surface area (Å²) in [7, 11) is 0. The number of amides is 1. The van der Waals surface area contributed by atoms with Crippen LogP contribution in [0.4, 0.5) is 0 Å². The van der Waals surface area contributed by atoms with Crippen molar-refractivity contribution in [3.63, 3.8) is 0 Å². The predicted octanol–water partition coefficient (Wildman–Crippen LogP) is 3.02. The molecule has 0 fully saturated rings. The molecule has 0 saturated carbocycles. The van der Waals surface area contributed by atoms with E-state index < -0.39 is 0 Å². The number of benzene rings is 2. The molecule has 188 valence electrons. The van der Waals surface area contributed by atoms with Crippen LogP contribution < -0.4 is 16.9 Å². The van der Waals surface area contributed by atoms with E-state index in [1.165, 1.54) is 4.70 Å². The highest BCUT2D eigenvalue weighted by molar-refractivity contribution is 5.81. The van der Waals surface area contributed by atoms with Crippen LogP contribution in [0.15, 0.2) is 59.8 Å². The maximum atomic E-state index is 12.7. The number of esters is 1. The molecule has 2 rings (SSSR count). The highest BCUT2D eigenvalue weighted by Crippen LogP contribution is 2.21. The van der Waals surface area contributed by atoms with Crippen molar-refractivity contribution in [3.8, 4) is 11.1 Å². The average Bonchev–Trinajstić information content (AvgIpc) is 2.86. The normalized spacial score (nSPS) is 13.1. The number of nitrogens with two attached hydrogens (primary N) is 2. The van der Waals surface area contributed by atoms with E-state index in [4.69, 9.17) is 21.7 Å². The molecule has 2 atom stereocenters. The van der Waals surface area contributed by atoms with Crippen molar-refractivity contribution in [1.82, 2.24) is 5.32 Å². The van der Waals surface area contributed by atoms with Gasteiger partial charge in [0.05, 0.1) is 12.5 Å². The monoisotopic (exact) mass is 481 g/mol. The van der Waals surface area contributed by atoms with E-state index in [1.54, 1.807) is 13.8 Å². The number of ether oxygens (including phenoxy) is 1. The van der Waals surface area contributed by atoms with E-state index in [0.29, 0.717) is 32.5 Å². The van der Waals surface area contributed by atoms with Gasteiger partial charge in [0.1, 0.15) is 6.54 Å². The molecule has 0 unspecified atom stereocenters. The van der Waals surface area contributed by atoms with Crippen LogP contribution in [0.5, 0.6) is 0 Å². The van der Waals surface area contributed by atoms with E-state index in [0.717, 1.165) is 16.7 Å². The minimum atomic E-state index is -0.363. The molecule has 1 amide bonds. The van der Waals surface area contributed by atoms with E-state index in [1.807, 2.05) is 30.3 Å². The number of hydrogen-bond donors (Lipinski definition) is 4. The van der Waals surface area contributed by atoms with Crippen LogP contribution in [0.2, 0.25) is 0 Å². The second-order valence-corrected chi connectivity index (χ2v) is 8.39. The van der Waals surface area contributed by atoms with Crippen molar-refractivity contribution in [1.29, 1.82) is 5.41 Å². The lowest BCUT2D eigenvalue weighted by Crippen LogP contribution is -2.39. The molecule has 0 aromatic heterocycles. The molecule has 0 aliphatic carbocycles. The first-order chi connectivity index (χ1) is 16.9. The zero-order valence-corrected chi connectivity index (χ0v) is 20.6. The number of carbonyl (C=O) groups is 2. The molecule has 35 heavy (non-hydrogen) atoms. The van der Waals surface area contributed by atoms with Gasteiger partial charge in [0, 0.05) is 30.7 Å². The van der Waals surface area contributed by atoms with Gasteiger partial charge in [-0.25, -0.2) is 5.84 Å². The predicted molar refractivity (Wildman–Crippen MR) is 136 cm³/mol. The molecular weight excluding hydrogens is 444 g/mol. The van der Waals surface area contributed by atoms with Crippen molar-refractivity contribution in [3.05, 3.63) is 60.2 Å². The second-order valence-electron chi connectivity index (χ2n) is 8.39. The quantitative estimate of drug-likeness (QED) is 0.0660. The van der Waals surface area contributed by atoms with E-state index in [2.05, 4.69) is 34.8 Å². The lowest BCUT2D eigenvalue weighted by atomic mass is 9.94. The van der Waals surface area contributed by atoms with Crippen molar-refractivity contribution >= 4 is 17.7 Å². The van der Waals surface area contributed by atoms with Crippen LogP contribution in [0.1, 0.15) is 38.7 Å². The summed E-state index contributed by atoms with van der Waals surface area (Å²) in [6, 6.07) is 18.0. The molecule has 2 aromatic rings. The first kappa shape index (κ1) is 27.7. The minimum absolute atomic E-state index is 0.104. The average molecular weight is 482 g/mol. The number of carbonyl (C=O) groups excluding carboxylic acids is 2. The van der Waals surface area contributed by atoms with Gasteiger partial charge in [-0.2, -0.15) is 5.41 Å². The van der Waals surface area contributed by atoms with E-state index in [-0.39, 0.29) is 42.5 Å². The third-order valence-corrected chi connectivity index (χ3v) is 5.62. The summed E-state index contributed by atoms with van der Waals surface area (Å²) in [4.78, 5) is 24.9. The summed E-state index contributed by atoms with van der Waals surface area (Å²) in [6.07, 6.45) is 1.30. The summed E-state index contributed by atoms with van der Waals surface area (Å²) < 4.78 is 6.43. The SMILES string of the molecule is CCOC(=O)[C@H](C)C[C@@H](Cc1ccc(-c2ccccc2)cc1)NC(=O)CCC(=N)[N+](CCN)=NN. The molecule has 0 aliphatic rings. The van der Waals surface area contributed by atoms with Crippen LogP contribution in [-0.4, -0.2) is 48.1 Å². The second kappa shape index (κ2) is 14.6. The minimum Gasteiger partial charge on any atom is -0.466 e. The molecule has 2 aromatic carbocycles. The van der Waals surface area contributed by atoms with Crippen molar-refractivity contribution in [2.45, 2.75) is 45.6 Å². The maximum Gasteiger partial charge on any atom is 0.308 e. The van der Waals surface area contributed by atoms with Gasteiger partial charge in [0.15, 0.2) is 0 Å². The van der Waals surface area contributed by atoms with Gasteiger partial charge in [-0.1, -0.05) is 61.5 Å². The first-order valence-electron chi connectivity index (χ1n) is 11.9. The maximum absolute atomic E-state index is 12.7. The van der Waals surface area contributed by atoms with Crippen LogP contribution >= 0.6 is 0 Å². The summed E-state index contributed by atoms with van der Waals surface area (Å²) >= 11 is 0. The first-order valence-corrected chi connectivity index (χ1v) is 11.9. The molecule has 0 aliphatic heterocycles. The summed E-state index contributed by atoms with van der Waals surface area (Å²) in [5.41, 5.74) is 8.80. The van der Waals surface area contributed by atoms with Gasteiger partial charge < -0.3 is 15.8 Å². The number of nitrogens with zero attached hydrogens (tertiary/aromatic N) is 2. The van der Waals surface area contributed by atoms with Gasteiger partial charge in [0.25, 0.3) is 0 Å². The van der Waals surface area contributed by atoms with Gasteiger partial charge in [0.2, 0.25) is 11.7 Å². The number of rotatable bonds is 13. The topological polar surface area (TPSA) is 147 Å². The highest BCUT2D eigenvalue weighted by atomic mass is 16.5. The molecule has 0 spiro atoms. The van der Waals surface area contributed by atoms with Crippen molar-refractivity contribution < 1.29 is 19.0 Å². The number of amidine groups is 1. The molecule has 0 saturated heterocycles. The van der Waals surface area contributed by atoms with Crippen molar-refractivity contribution in [2.75, 3.05) is 19.7 Å². The molecule has 0 heterocycles.